The second-order valence-electron chi connectivity index (χ2n) is 9.99. The lowest BCUT2D eigenvalue weighted by atomic mass is 9.69. The van der Waals surface area contributed by atoms with Crippen molar-refractivity contribution in [3.8, 4) is 0 Å². The van der Waals surface area contributed by atoms with Crippen molar-refractivity contribution in [2.24, 2.45) is 17.8 Å². The van der Waals surface area contributed by atoms with Crippen LogP contribution in [0.3, 0.4) is 0 Å². The largest absolute Gasteiger partial charge is 0.304 e. The Bertz CT molecular complexity index is 1210. The summed E-state index contributed by atoms with van der Waals surface area (Å²) in [4.78, 5) is 27.4. The van der Waals surface area contributed by atoms with E-state index in [9.17, 15) is 9.59 Å². The van der Waals surface area contributed by atoms with E-state index < -0.39 is 11.3 Å². The van der Waals surface area contributed by atoms with Crippen LogP contribution in [0.2, 0.25) is 0 Å². The van der Waals surface area contributed by atoms with E-state index in [2.05, 4.69) is 6.58 Å². The number of allylic oxidation sites excluding steroid dienone is 1. The van der Waals surface area contributed by atoms with Crippen LogP contribution in [-0.4, -0.2) is 17.3 Å². The Morgan fingerprint density at radius 1 is 0.857 bits per heavy atom. The van der Waals surface area contributed by atoms with E-state index in [-0.39, 0.29) is 23.4 Å². The molecule has 0 spiro atoms. The number of nitrogens with one attached hydrogen (secondary N) is 1. The van der Waals surface area contributed by atoms with Crippen LogP contribution in [-0.2, 0) is 10.2 Å². The minimum absolute atomic E-state index is 0.0157. The molecule has 3 atom stereocenters. The lowest BCUT2D eigenvalue weighted by Crippen LogP contribution is -2.36. The zero-order valence-corrected chi connectivity index (χ0v) is 20.0. The van der Waals surface area contributed by atoms with Crippen molar-refractivity contribution < 1.29 is 9.59 Å². The Morgan fingerprint density at radius 3 is 1.97 bits per heavy atom. The third kappa shape index (κ3) is 3.99. The topological polar surface area (TPSA) is 58.0 Å². The summed E-state index contributed by atoms with van der Waals surface area (Å²) in [5.41, 5.74) is 2.40. The molecular formula is C32H31NO2. The van der Waals surface area contributed by atoms with Crippen molar-refractivity contribution >= 4 is 17.3 Å². The standard InChI is InChI=1S/C32H31NO2/c1-22-29(33)28(21-23-12-11-15-25(20-23)30(34)24-13-5-2-6-14-24)31(35)32(22,26-16-7-3-8-17-26)27-18-9-4-10-19-27/h2-10,13-14,16-19,23,25,28,33H,1,11-12,15,20-21H2/t23-,25?,28?/m1/s1. The molecule has 0 aromatic heterocycles. The highest BCUT2D eigenvalue weighted by Crippen LogP contribution is 2.50. The van der Waals surface area contributed by atoms with Gasteiger partial charge < -0.3 is 5.41 Å². The van der Waals surface area contributed by atoms with E-state index in [1.807, 2.05) is 91.0 Å². The first-order valence-corrected chi connectivity index (χ1v) is 12.6. The third-order valence-corrected chi connectivity index (χ3v) is 8.01. The minimum Gasteiger partial charge on any atom is -0.304 e. The molecule has 3 nitrogen and oxygen atoms in total. The molecule has 0 heterocycles. The van der Waals surface area contributed by atoms with Crippen molar-refractivity contribution in [1.82, 2.24) is 0 Å². The maximum Gasteiger partial charge on any atom is 0.165 e. The van der Waals surface area contributed by atoms with Crippen molar-refractivity contribution in [1.29, 1.82) is 5.41 Å². The highest BCUT2D eigenvalue weighted by Gasteiger charge is 2.56. The Hall–Kier alpha value is -3.59. The first-order valence-electron chi connectivity index (χ1n) is 12.6. The highest BCUT2D eigenvalue weighted by molar-refractivity contribution is 6.27. The van der Waals surface area contributed by atoms with Gasteiger partial charge in [-0.1, -0.05) is 110 Å². The molecule has 3 aromatic rings. The molecule has 176 valence electrons. The van der Waals surface area contributed by atoms with Gasteiger partial charge in [0.1, 0.15) is 5.41 Å². The summed E-state index contributed by atoms with van der Waals surface area (Å²) in [5.74, 6) is -0.0285. The van der Waals surface area contributed by atoms with Crippen LogP contribution >= 0.6 is 0 Å². The number of carbonyl (C=O) groups is 2. The molecule has 0 bridgehead atoms. The SMILES string of the molecule is C=C1C(=N)C(C[C@@H]2CCCC(C(=O)c3ccccc3)C2)C(=O)C1(c1ccccc1)c1ccccc1. The van der Waals surface area contributed by atoms with Crippen molar-refractivity contribution in [3.05, 3.63) is 120 Å². The highest BCUT2D eigenvalue weighted by atomic mass is 16.1. The molecule has 0 radical (unpaired) electrons. The normalized spacial score (nSPS) is 23.9. The van der Waals surface area contributed by atoms with Crippen LogP contribution in [0.5, 0.6) is 0 Å². The molecule has 0 saturated heterocycles. The van der Waals surface area contributed by atoms with Crippen LogP contribution < -0.4 is 0 Å². The quantitative estimate of drug-likeness (QED) is 0.409. The van der Waals surface area contributed by atoms with Gasteiger partial charge in [-0.15, -0.1) is 0 Å². The van der Waals surface area contributed by atoms with Crippen LogP contribution in [0.15, 0.2) is 103 Å². The molecule has 0 aliphatic heterocycles. The summed E-state index contributed by atoms with van der Waals surface area (Å²) in [6.45, 7) is 4.32. The van der Waals surface area contributed by atoms with Gasteiger partial charge in [0.25, 0.3) is 0 Å². The minimum atomic E-state index is -1.03. The van der Waals surface area contributed by atoms with E-state index in [0.717, 1.165) is 42.4 Å². The third-order valence-electron chi connectivity index (χ3n) is 8.01. The monoisotopic (exact) mass is 461 g/mol. The van der Waals surface area contributed by atoms with Gasteiger partial charge in [0, 0.05) is 17.2 Å². The zero-order valence-electron chi connectivity index (χ0n) is 20.0. The van der Waals surface area contributed by atoms with Crippen LogP contribution in [0.25, 0.3) is 0 Å². The number of carbonyl (C=O) groups excluding carboxylic acids is 2. The van der Waals surface area contributed by atoms with Crippen molar-refractivity contribution in [3.63, 3.8) is 0 Å². The number of benzene rings is 3. The summed E-state index contributed by atoms with van der Waals surface area (Å²) in [5, 5.41) is 9.00. The number of ketones is 2. The molecule has 2 saturated carbocycles. The average molecular weight is 462 g/mol. The second-order valence-corrected chi connectivity index (χ2v) is 9.99. The average Bonchev–Trinajstić information content (AvgIpc) is 3.11. The van der Waals surface area contributed by atoms with Crippen LogP contribution in [0.1, 0.15) is 53.6 Å². The lowest BCUT2D eigenvalue weighted by molar-refractivity contribution is -0.123. The first-order chi connectivity index (χ1) is 17.0. The number of rotatable bonds is 6. The maximum atomic E-state index is 14.3. The molecule has 2 fully saturated rings. The lowest BCUT2D eigenvalue weighted by Gasteiger charge is -2.31. The molecule has 3 aromatic carbocycles. The molecule has 5 rings (SSSR count). The first kappa shape index (κ1) is 23.2. The molecule has 3 heteroatoms. The summed E-state index contributed by atoms with van der Waals surface area (Å²) < 4.78 is 0. The van der Waals surface area contributed by atoms with E-state index in [0.29, 0.717) is 17.7 Å². The van der Waals surface area contributed by atoms with Crippen molar-refractivity contribution in [2.75, 3.05) is 0 Å². The van der Waals surface area contributed by atoms with Gasteiger partial charge in [-0.2, -0.15) is 0 Å². The molecule has 2 aliphatic carbocycles. The predicted octanol–water partition coefficient (Wildman–Crippen LogP) is 6.83. The Morgan fingerprint density at radius 2 is 1.40 bits per heavy atom. The van der Waals surface area contributed by atoms with E-state index >= 15 is 0 Å². The predicted molar refractivity (Wildman–Crippen MR) is 140 cm³/mol. The molecule has 0 amide bonds. The van der Waals surface area contributed by atoms with E-state index in [1.54, 1.807) is 0 Å². The Balaban J connectivity index is 1.43. The number of hydrogen-bond acceptors (Lipinski definition) is 3. The van der Waals surface area contributed by atoms with Gasteiger partial charge in [-0.3, -0.25) is 9.59 Å². The molecule has 2 unspecified atom stereocenters. The number of hydrogen-bond donors (Lipinski definition) is 1. The maximum absolute atomic E-state index is 14.3. The fraction of sp³-hybridized carbons (Fsp3) is 0.281. The smallest absolute Gasteiger partial charge is 0.165 e. The Kier molecular flexibility index (Phi) is 6.34. The summed E-state index contributed by atoms with van der Waals surface area (Å²) >= 11 is 0. The fourth-order valence-corrected chi connectivity index (χ4v) is 6.27. The van der Waals surface area contributed by atoms with Gasteiger partial charge in [0.15, 0.2) is 11.6 Å². The molecule has 2 aliphatic rings. The zero-order chi connectivity index (χ0) is 24.4. The summed E-state index contributed by atoms with van der Waals surface area (Å²) in [6.07, 6.45) is 4.25. The fourth-order valence-electron chi connectivity index (χ4n) is 6.27. The Labute approximate surface area is 207 Å². The molecule has 1 N–H and O–H groups in total. The van der Waals surface area contributed by atoms with Gasteiger partial charge in [-0.25, -0.2) is 0 Å². The van der Waals surface area contributed by atoms with E-state index in [1.165, 1.54) is 0 Å². The molecule has 35 heavy (non-hydrogen) atoms. The van der Waals surface area contributed by atoms with Crippen LogP contribution in [0.4, 0.5) is 0 Å². The van der Waals surface area contributed by atoms with Gasteiger partial charge in [0.2, 0.25) is 0 Å². The summed E-state index contributed by atoms with van der Waals surface area (Å²) in [6, 6.07) is 29.1. The van der Waals surface area contributed by atoms with Crippen LogP contribution in [0, 0.1) is 23.2 Å². The second kappa shape index (κ2) is 9.58. The number of Topliss-reactive ketones (excluding diaryl/α,β-unsaturated/α-hetero) is 2. The van der Waals surface area contributed by atoms with Gasteiger partial charge in [0.05, 0.1) is 5.92 Å². The van der Waals surface area contributed by atoms with Gasteiger partial charge >= 0.3 is 0 Å². The molecular weight excluding hydrogens is 430 g/mol. The summed E-state index contributed by atoms with van der Waals surface area (Å²) in [7, 11) is 0. The van der Waals surface area contributed by atoms with Gasteiger partial charge in [-0.05, 0) is 41.9 Å². The van der Waals surface area contributed by atoms with Crippen molar-refractivity contribution in [2.45, 2.75) is 37.5 Å². The van der Waals surface area contributed by atoms with E-state index in [4.69, 9.17) is 5.41 Å².